The first-order valence-electron chi connectivity index (χ1n) is 2.84. The lowest BCUT2D eigenvalue weighted by atomic mass is 9.82. The predicted octanol–water partition coefficient (Wildman–Crippen LogP) is 1.89. The molecule has 2 aliphatic rings. The normalized spacial score (nSPS) is 34.3. The van der Waals surface area contributed by atoms with E-state index in [1.807, 2.05) is 0 Å². The lowest BCUT2D eigenvalue weighted by molar-refractivity contribution is 0.543. The van der Waals surface area contributed by atoms with Gasteiger partial charge in [-0.25, -0.2) is 0 Å². The van der Waals surface area contributed by atoms with Crippen LogP contribution >= 0.6 is 0 Å². The average molecular weight is 92.1 g/mol. The van der Waals surface area contributed by atoms with E-state index in [0.717, 1.165) is 5.92 Å². The summed E-state index contributed by atoms with van der Waals surface area (Å²) in [6, 6.07) is 0. The highest BCUT2D eigenvalue weighted by Gasteiger charge is 2.22. The first kappa shape index (κ1) is 3.48. The fourth-order valence-corrected chi connectivity index (χ4v) is 1.22. The van der Waals surface area contributed by atoms with Gasteiger partial charge in [0, 0.05) is 0 Å². The van der Waals surface area contributed by atoms with Gasteiger partial charge in [0.05, 0.1) is 0 Å². The molecule has 0 aliphatic heterocycles. The number of hydrogen-bond acceptors (Lipinski definition) is 0. The SMILES string of the molecule is C1=CC2CCC2=C1. The summed E-state index contributed by atoms with van der Waals surface area (Å²) in [4.78, 5) is 0. The minimum Gasteiger partial charge on any atom is -0.0773 e. The van der Waals surface area contributed by atoms with Gasteiger partial charge in [-0.15, -0.1) is 0 Å². The van der Waals surface area contributed by atoms with Crippen LogP contribution in [0.4, 0.5) is 0 Å². The number of allylic oxidation sites excluding steroid dienone is 4. The molecule has 0 amide bonds. The molecule has 0 N–H and O–H groups in total. The standard InChI is InChI=1S/C7H8/c1-2-6-4-5-7(6)3-1/h1-3,6H,4-5H2. The lowest BCUT2D eigenvalue weighted by Gasteiger charge is -2.22. The third-order valence-corrected chi connectivity index (χ3v) is 1.87. The monoisotopic (exact) mass is 92.1 g/mol. The van der Waals surface area contributed by atoms with E-state index < -0.39 is 0 Å². The third kappa shape index (κ3) is 0.317. The Hall–Kier alpha value is -0.520. The Kier molecular flexibility index (Phi) is 0.498. The molecular weight excluding hydrogens is 84.1 g/mol. The van der Waals surface area contributed by atoms with Gasteiger partial charge in [-0.3, -0.25) is 0 Å². The largest absolute Gasteiger partial charge is 0.0773 e. The second-order valence-corrected chi connectivity index (χ2v) is 2.27. The summed E-state index contributed by atoms with van der Waals surface area (Å²) >= 11 is 0. The molecule has 2 rings (SSSR count). The summed E-state index contributed by atoms with van der Waals surface area (Å²) in [7, 11) is 0. The Balaban J connectivity index is 2.34. The summed E-state index contributed by atoms with van der Waals surface area (Å²) in [5.74, 6) is 0.875. The zero-order chi connectivity index (χ0) is 4.69. The molecule has 0 heterocycles. The molecule has 0 aromatic heterocycles. The van der Waals surface area contributed by atoms with Crippen molar-refractivity contribution in [3.05, 3.63) is 23.8 Å². The van der Waals surface area contributed by atoms with Crippen molar-refractivity contribution in [1.29, 1.82) is 0 Å². The summed E-state index contributed by atoms with van der Waals surface area (Å²) in [5.41, 5.74) is 1.65. The van der Waals surface area contributed by atoms with E-state index in [-0.39, 0.29) is 0 Å². The van der Waals surface area contributed by atoms with E-state index in [1.54, 1.807) is 5.57 Å². The van der Waals surface area contributed by atoms with Crippen LogP contribution in [0.2, 0.25) is 0 Å². The van der Waals surface area contributed by atoms with Crippen LogP contribution < -0.4 is 0 Å². The van der Waals surface area contributed by atoms with Crippen LogP contribution in [-0.2, 0) is 0 Å². The van der Waals surface area contributed by atoms with Gasteiger partial charge in [-0.1, -0.05) is 23.8 Å². The van der Waals surface area contributed by atoms with Crippen LogP contribution in [0.5, 0.6) is 0 Å². The van der Waals surface area contributed by atoms with Crippen molar-refractivity contribution in [2.45, 2.75) is 12.8 Å². The Morgan fingerprint density at radius 2 is 2.57 bits per heavy atom. The first-order chi connectivity index (χ1) is 3.47. The molecule has 2 aliphatic carbocycles. The van der Waals surface area contributed by atoms with Gasteiger partial charge in [0.25, 0.3) is 0 Å². The van der Waals surface area contributed by atoms with Crippen molar-refractivity contribution in [3.8, 4) is 0 Å². The highest BCUT2D eigenvalue weighted by atomic mass is 14.3. The van der Waals surface area contributed by atoms with Gasteiger partial charge in [-0.2, -0.15) is 0 Å². The molecule has 0 aromatic rings. The molecule has 0 spiro atoms. The number of hydrogen-bond donors (Lipinski definition) is 0. The van der Waals surface area contributed by atoms with Gasteiger partial charge in [-0.05, 0) is 18.8 Å². The van der Waals surface area contributed by atoms with Gasteiger partial charge in [0.15, 0.2) is 0 Å². The molecule has 7 heavy (non-hydrogen) atoms. The first-order valence-corrected chi connectivity index (χ1v) is 2.84. The summed E-state index contributed by atoms with van der Waals surface area (Å²) in [5, 5.41) is 0. The van der Waals surface area contributed by atoms with Crippen LogP contribution in [0.25, 0.3) is 0 Å². The van der Waals surface area contributed by atoms with E-state index >= 15 is 0 Å². The summed E-state index contributed by atoms with van der Waals surface area (Å²) in [6.45, 7) is 0. The Bertz CT molecular complexity index is 140. The van der Waals surface area contributed by atoms with Crippen molar-refractivity contribution in [2.75, 3.05) is 0 Å². The second-order valence-electron chi connectivity index (χ2n) is 2.27. The topological polar surface area (TPSA) is 0 Å². The molecule has 0 saturated heterocycles. The van der Waals surface area contributed by atoms with Crippen molar-refractivity contribution in [3.63, 3.8) is 0 Å². The average Bonchev–Trinajstić information content (AvgIpc) is 1.85. The highest BCUT2D eigenvalue weighted by Crippen LogP contribution is 2.37. The van der Waals surface area contributed by atoms with E-state index in [2.05, 4.69) is 18.2 Å². The maximum atomic E-state index is 2.29. The van der Waals surface area contributed by atoms with Crippen LogP contribution in [0.15, 0.2) is 23.8 Å². The Morgan fingerprint density at radius 3 is 2.86 bits per heavy atom. The number of fused-ring (bicyclic) bond motifs is 1. The van der Waals surface area contributed by atoms with Crippen molar-refractivity contribution in [1.82, 2.24) is 0 Å². The quantitative estimate of drug-likeness (QED) is 0.428. The third-order valence-electron chi connectivity index (χ3n) is 1.87. The molecule has 1 atom stereocenters. The minimum atomic E-state index is 0.875. The molecule has 0 radical (unpaired) electrons. The molecule has 36 valence electrons. The van der Waals surface area contributed by atoms with E-state index in [1.165, 1.54) is 12.8 Å². The molecule has 0 heteroatoms. The van der Waals surface area contributed by atoms with Gasteiger partial charge >= 0.3 is 0 Å². The Morgan fingerprint density at radius 1 is 1.57 bits per heavy atom. The van der Waals surface area contributed by atoms with Crippen LogP contribution in [0.1, 0.15) is 12.8 Å². The molecule has 0 nitrogen and oxygen atoms in total. The lowest BCUT2D eigenvalue weighted by Crippen LogP contribution is -2.08. The smallest absolute Gasteiger partial charge is 0.00140 e. The molecule has 0 bridgehead atoms. The van der Waals surface area contributed by atoms with Crippen molar-refractivity contribution in [2.24, 2.45) is 5.92 Å². The van der Waals surface area contributed by atoms with Gasteiger partial charge < -0.3 is 0 Å². The van der Waals surface area contributed by atoms with E-state index in [4.69, 9.17) is 0 Å². The predicted molar refractivity (Wildman–Crippen MR) is 29.9 cm³/mol. The zero-order valence-electron chi connectivity index (χ0n) is 4.22. The maximum absolute atomic E-state index is 2.29. The maximum Gasteiger partial charge on any atom is -0.00140 e. The summed E-state index contributed by atoms with van der Waals surface area (Å²) < 4.78 is 0. The minimum absolute atomic E-state index is 0.875. The molecule has 1 unspecified atom stereocenters. The van der Waals surface area contributed by atoms with Crippen LogP contribution in [-0.4, -0.2) is 0 Å². The van der Waals surface area contributed by atoms with Crippen molar-refractivity contribution < 1.29 is 0 Å². The molecule has 1 saturated carbocycles. The fourth-order valence-electron chi connectivity index (χ4n) is 1.22. The van der Waals surface area contributed by atoms with Crippen LogP contribution in [0, 0.1) is 5.92 Å². The molecule has 1 fully saturated rings. The van der Waals surface area contributed by atoms with Crippen molar-refractivity contribution >= 4 is 0 Å². The van der Waals surface area contributed by atoms with Gasteiger partial charge in [0.1, 0.15) is 0 Å². The Labute approximate surface area is 43.5 Å². The highest BCUT2D eigenvalue weighted by molar-refractivity contribution is 5.32. The van der Waals surface area contributed by atoms with E-state index in [0.29, 0.717) is 0 Å². The fraction of sp³-hybridized carbons (Fsp3) is 0.429. The van der Waals surface area contributed by atoms with Crippen LogP contribution in [0.3, 0.4) is 0 Å². The summed E-state index contributed by atoms with van der Waals surface area (Å²) in [6.07, 6.45) is 9.47. The second kappa shape index (κ2) is 1.00. The van der Waals surface area contributed by atoms with E-state index in [9.17, 15) is 0 Å². The van der Waals surface area contributed by atoms with Gasteiger partial charge in [0.2, 0.25) is 0 Å². The zero-order valence-corrected chi connectivity index (χ0v) is 4.22. The number of rotatable bonds is 0. The molecule has 0 aromatic carbocycles. The molecular formula is C7H8.